The molecule has 0 fully saturated rings. The number of esters is 1. The molecule has 0 aliphatic rings. The molecular formula is C15H24O6. The molecule has 0 aromatic rings. The van der Waals surface area contributed by atoms with Crippen LogP contribution in [0.1, 0.15) is 52.4 Å². The van der Waals surface area contributed by atoms with Crippen LogP contribution in [0.15, 0.2) is 11.1 Å². The Bertz CT molecular complexity index is 410. The van der Waals surface area contributed by atoms with Crippen LogP contribution in [0.4, 0.5) is 0 Å². The molecule has 0 aromatic heterocycles. The van der Waals surface area contributed by atoms with Crippen LogP contribution >= 0.6 is 0 Å². The van der Waals surface area contributed by atoms with Gasteiger partial charge in [-0.15, -0.1) is 0 Å². The van der Waals surface area contributed by atoms with Gasteiger partial charge in [0.1, 0.15) is 0 Å². The van der Waals surface area contributed by atoms with Crippen molar-refractivity contribution in [2.24, 2.45) is 5.92 Å². The summed E-state index contributed by atoms with van der Waals surface area (Å²) in [7, 11) is 1.14. The molecule has 0 rings (SSSR count). The molecule has 0 aliphatic heterocycles. The van der Waals surface area contributed by atoms with Crippen molar-refractivity contribution in [1.29, 1.82) is 0 Å². The predicted molar refractivity (Wildman–Crippen MR) is 76.9 cm³/mol. The second kappa shape index (κ2) is 9.96. The molecule has 6 nitrogen and oxygen atoms in total. The number of rotatable bonds is 10. The maximum absolute atomic E-state index is 11.4. The maximum atomic E-state index is 11.4. The Morgan fingerprint density at radius 2 is 1.62 bits per heavy atom. The van der Waals surface area contributed by atoms with E-state index in [1.165, 1.54) is 0 Å². The Morgan fingerprint density at radius 1 is 1.05 bits per heavy atom. The number of carboxylic acid groups (broad SMARTS) is 2. The minimum atomic E-state index is -1.39. The van der Waals surface area contributed by atoms with E-state index in [2.05, 4.69) is 4.74 Å². The first-order chi connectivity index (χ1) is 9.87. The third-order valence-corrected chi connectivity index (χ3v) is 3.47. The van der Waals surface area contributed by atoms with E-state index >= 15 is 0 Å². The minimum absolute atomic E-state index is 0.100. The highest BCUT2D eigenvalue weighted by molar-refractivity contribution is 6.01. The fourth-order valence-electron chi connectivity index (χ4n) is 2.10. The molecule has 1 atom stereocenters. The summed E-state index contributed by atoms with van der Waals surface area (Å²) >= 11 is 0. The summed E-state index contributed by atoms with van der Waals surface area (Å²) < 4.78 is 4.43. The van der Waals surface area contributed by atoms with Crippen LogP contribution in [0.5, 0.6) is 0 Å². The fourth-order valence-corrected chi connectivity index (χ4v) is 2.10. The quantitative estimate of drug-likeness (QED) is 0.475. The Hall–Kier alpha value is -1.85. The largest absolute Gasteiger partial charge is 0.478 e. The van der Waals surface area contributed by atoms with Crippen LogP contribution in [0.25, 0.3) is 0 Å². The van der Waals surface area contributed by atoms with Crippen LogP contribution in [-0.4, -0.2) is 35.2 Å². The molecule has 0 bridgehead atoms. The summed E-state index contributed by atoms with van der Waals surface area (Å²) in [6.07, 6.45) is 3.19. The zero-order chi connectivity index (χ0) is 16.4. The standard InChI is InChI=1S/C15H24O6/c1-4-6-7-10(5-2)8-11(14(17)18)12(15(19)20)9-13(16)21-3/h10H,4-9H2,1-3H3,(H,17,18)(H,19,20). The Balaban J connectivity index is 5.35. The summed E-state index contributed by atoms with van der Waals surface area (Å²) in [4.78, 5) is 33.9. The van der Waals surface area contributed by atoms with Gasteiger partial charge in [0.25, 0.3) is 0 Å². The first kappa shape index (κ1) is 19.1. The van der Waals surface area contributed by atoms with Gasteiger partial charge in [-0.1, -0.05) is 39.5 Å². The third kappa shape index (κ3) is 6.92. The van der Waals surface area contributed by atoms with Gasteiger partial charge in [0.05, 0.1) is 19.1 Å². The molecule has 0 amide bonds. The molecular weight excluding hydrogens is 276 g/mol. The molecule has 0 aliphatic carbocycles. The van der Waals surface area contributed by atoms with Crippen molar-refractivity contribution in [3.05, 3.63) is 11.1 Å². The van der Waals surface area contributed by atoms with Crippen molar-refractivity contribution in [3.8, 4) is 0 Å². The number of carbonyl (C=O) groups is 3. The first-order valence-electron chi connectivity index (χ1n) is 7.12. The third-order valence-electron chi connectivity index (χ3n) is 3.47. The highest BCUT2D eigenvalue weighted by Crippen LogP contribution is 2.25. The lowest BCUT2D eigenvalue weighted by Gasteiger charge is -2.16. The van der Waals surface area contributed by atoms with Crippen LogP contribution in [-0.2, 0) is 19.1 Å². The smallest absolute Gasteiger partial charge is 0.332 e. The lowest BCUT2D eigenvalue weighted by Crippen LogP contribution is -2.17. The first-order valence-corrected chi connectivity index (χ1v) is 7.12. The van der Waals surface area contributed by atoms with Gasteiger partial charge < -0.3 is 14.9 Å². The molecule has 0 spiro atoms. The second-order valence-corrected chi connectivity index (χ2v) is 4.94. The molecule has 0 saturated heterocycles. The molecule has 0 saturated carbocycles. The van der Waals surface area contributed by atoms with E-state index in [0.29, 0.717) is 0 Å². The zero-order valence-electron chi connectivity index (χ0n) is 12.8. The average molecular weight is 300 g/mol. The number of hydrogen-bond acceptors (Lipinski definition) is 4. The highest BCUT2D eigenvalue weighted by atomic mass is 16.5. The maximum Gasteiger partial charge on any atom is 0.332 e. The number of ether oxygens (including phenoxy) is 1. The van der Waals surface area contributed by atoms with Crippen LogP contribution < -0.4 is 0 Å². The minimum Gasteiger partial charge on any atom is -0.478 e. The number of carbonyl (C=O) groups excluding carboxylic acids is 1. The molecule has 0 aromatic carbocycles. The van der Waals surface area contributed by atoms with Gasteiger partial charge in [-0.2, -0.15) is 0 Å². The number of methoxy groups -OCH3 is 1. The van der Waals surface area contributed by atoms with E-state index in [9.17, 15) is 19.5 Å². The van der Waals surface area contributed by atoms with Crippen molar-refractivity contribution in [3.63, 3.8) is 0 Å². The molecule has 2 N–H and O–H groups in total. The Kier molecular flexibility index (Phi) is 9.08. The van der Waals surface area contributed by atoms with Crippen molar-refractivity contribution in [2.45, 2.75) is 52.4 Å². The van der Waals surface area contributed by atoms with Crippen molar-refractivity contribution >= 4 is 17.9 Å². The van der Waals surface area contributed by atoms with Gasteiger partial charge >= 0.3 is 17.9 Å². The van der Waals surface area contributed by atoms with Gasteiger partial charge in [0.2, 0.25) is 0 Å². The predicted octanol–water partition coefficient (Wildman–Crippen LogP) is 2.62. The Labute approximate surface area is 124 Å². The van der Waals surface area contributed by atoms with Crippen LogP contribution in [0.3, 0.4) is 0 Å². The monoisotopic (exact) mass is 300 g/mol. The molecule has 0 radical (unpaired) electrons. The second-order valence-electron chi connectivity index (χ2n) is 4.94. The molecule has 120 valence electrons. The van der Waals surface area contributed by atoms with Gasteiger partial charge in [-0.05, 0) is 12.3 Å². The SMILES string of the molecule is CCCCC(CC)CC(C(=O)O)=C(CC(=O)OC)C(=O)O. The van der Waals surface area contributed by atoms with E-state index in [1.807, 2.05) is 13.8 Å². The molecule has 1 unspecified atom stereocenters. The normalized spacial score (nSPS) is 13.3. The topological polar surface area (TPSA) is 101 Å². The van der Waals surface area contributed by atoms with Crippen molar-refractivity contribution < 1.29 is 29.3 Å². The van der Waals surface area contributed by atoms with E-state index in [0.717, 1.165) is 32.8 Å². The van der Waals surface area contributed by atoms with Crippen molar-refractivity contribution in [1.82, 2.24) is 0 Å². The van der Waals surface area contributed by atoms with E-state index < -0.39 is 24.3 Å². The summed E-state index contributed by atoms with van der Waals surface area (Å²) in [5.74, 6) is -3.33. The summed E-state index contributed by atoms with van der Waals surface area (Å²) in [5.41, 5.74) is -0.583. The van der Waals surface area contributed by atoms with E-state index in [4.69, 9.17) is 5.11 Å². The van der Waals surface area contributed by atoms with Crippen molar-refractivity contribution in [2.75, 3.05) is 7.11 Å². The van der Waals surface area contributed by atoms with E-state index in [1.54, 1.807) is 0 Å². The lowest BCUT2D eigenvalue weighted by molar-refractivity contribution is -0.142. The average Bonchev–Trinajstić information content (AvgIpc) is 2.44. The Morgan fingerprint density at radius 3 is 2.00 bits per heavy atom. The summed E-state index contributed by atoms with van der Waals surface area (Å²) in [5, 5.41) is 18.4. The summed E-state index contributed by atoms with van der Waals surface area (Å²) in [6.45, 7) is 3.99. The zero-order valence-corrected chi connectivity index (χ0v) is 12.8. The summed E-state index contributed by atoms with van der Waals surface area (Å²) in [6, 6.07) is 0. The lowest BCUT2D eigenvalue weighted by atomic mass is 9.89. The fraction of sp³-hybridized carbons (Fsp3) is 0.667. The van der Waals surface area contributed by atoms with Crippen LogP contribution in [0, 0.1) is 5.92 Å². The number of hydrogen-bond donors (Lipinski definition) is 2. The highest BCUT2D eigenvalue weighted by Gasteiger charge is 2.25. The number of carboxylic acids is 2. The van der Waals surface area contributed by atoms with Crippen LogP contribution in [0.2, 0.25) is 0 Å². The van der Waals surface area contributed by atoms with Gasteiger partial charge in [-0.3, -0.25) is 4.79 Å². The molecule has 0 heterocycles. The van der Waals surface area contributed by atoms with Gasteiger partial charge in [0, 0.05) is 5.57 Å². The van der Waals surface area contributed by atoms with Gasteiger partial charge in [-0.25, -0.2) is 9.59 Å². The van der Waals surface area contributed by atoms with E-state index in [-0.39, 0.29) is 23.5 Å². The molecule has 6 heteroatoms. The number of unbranched alkanes of at least 4 members (excludes halogenated alkanes) is 1. The molecule has 21 heavy (non-hydrogen) atoms. The number of aliphatic carboxylic acids is 2. The van der Waals surface area contributed by atoms with Gasteiger partial charge in [0.15, 0.2) is 0 Å².